The molecular formula is C13H23N3OS2. The minimum Gasteiger partial charge on any atom is -0.481 e. The van der Waals surface area contributed by atoms with Gasteiger partial charge in [-0.25, -0.2) is 4.98 Å². The van der Waals surface area contributed by atoms with E-state index in [9.17, 15) is 0 Å². The molecule has 0 aliphatic heterocycles. The van der Waals surface area contributed by atoms with Gasteiger partial charge in [0.1, 0.15) is 4.32 Å². The molecule has 1 aromatic rings. The van der Waals surface area contributed by atoms with Gasteiger partial charge >= 0.3 is 0 Å². The molecule has 0 saturated carbocycles. The first-order valence-electron chi connectivity index (χ1n) is 6.29. The minimum absolute atomic E-state index is 0.418. The molecule has 19 heavy (non-hydrogen) atoms. The van der Waals surface area contributed by atoms with Crippen molar-refractivity contribution in [3.63, 3.8) is 0 Å². The summed E-state index contributed by atoms with van der Waals surface area (Å²) < 4.78 is 5.30. The first-order chi connectivity index (χ1) is 9.07. The van der Waals surface area contributed by atoms with E-state index in [1.807, 2.05) is 6.07 Å². The van der Waals surface area contributed by atoms with Crippen molar-refractivity contribution >= 4 is 34.9 Å². The van der Waals surface area contributed by atoms with Crippen molar-refractivity contribution < 1.29 is 4.74 Å². The Labute approximate surface area is 127 Å². The molecule has 4 nitrogen and oxygen atoms in total. The Balaban J connectivity index is 0.000000399. The molecular weight excluding hydrogens is 278 g/mol. The zero-order chi connectivity index (χ0) is 14.7. The number of methoxy groups -OCH3 is 1. The van der Waals surface area contributed by atoms with Gasteiger partial charge in [0.2, 0.25) is 5.88 Å². The molecule has 0 unspecified atom stereocenters. The lowest BCUT2D eigenvalue weighted by Gasteiger charge is -2.13. The minimum atomic E-state index is 0.418. The summed E-state index contributed by atoms with van der Waals surface area (Å²) >= 11 is 8.65. The van der Waals surface area contributed by atoms with Gasteiger partial charge in [-0.2, -0.15) is 0 Å². The molecule has 0 aliphatic rings. The standard InChI is InChI=1S/C7H8N2OS2.C6H15N/c1-10-6-3-2-5(4-8-6)9-7(11)12;1-4-7(5-2)6-3/h2-4H,1H3,(H2,9,11,12);4-6H2,1-3H3. The monoisotopic (exact) mass is 301 g/mol. The van der Waals surface area contributed by atoms with E-state index in [2.05, 4.69) is 48.6 Å². The number of nitrogens with one attached hydrogen (secondary N) is 1. The number of anilines is 1. The first kappa shape index (κ1) is 18.1. The summed E-state index contributed by atoms with van der Waals surface area (Å²) in [6.45, 7) is 10.1. The third-order valence-electron chi connectivity index (χ3n) is 2.54. The zero-order valence-corrected chi connectivity index (χ0v) is 13.7. The molecule has 0 aliphatic carbocycles. The van der Waals surface area contributed by atoms with Crippen LogP contribution in [0.4, 0.5) is 5.69 Å². The predicted molar refractivity (Wildman–Crippen MR) is 89.5 cm³/mol. The highest BCUT2D eigenvalue weighted by molar-refractivity contribution is 8.11. The van der Waals surface area contributed by atoms with Crippen molar-refractivity contribution in [1.29, 1.82) is 0 Å². The topological polar surface area (TPSA) is 37.4 Å². The van der Waals surface area contributed by atoms with Crippen LogP contribution in [0.15, 0.2) is 18.3 Å². The summed E-state index contributed by atoms with van der Waals surface area (Å²) in [6, 6.07) is 3.56. The van der Waals surface area contributed by atoms with Crippen LogP contribution in [0.1, 0.15) is 20.8 Å². The lowest BCUT2D eigenvalue weighted by molar-refractivity contribution is 0.321. The van der Waals surface area contributed by atoms with E-state index < -0.39 is 0 Å². The molecule has 1 heterocycles. The molecule has 6 heteroatoms. The van der Waals surface area contributed by atoms with E-state index in [0.29, 0.717) is 10.2 Å². The highest BCUT2D eigenvalue weighted by Crippen LogP contribution is 2.11. The van der Waals surface area contributed by atoms with Crippen LogP contribution in [-0.2, 0) is 0 Å². The summed E-state index contributed by atoms with van der Waals surface area (Å²) in [5, 5.41) is 2.83. The van der Waals surface area contributed by atoms with Crippen LogP contribution in [0.2, 0.25) is 0 Å². The summed E-state index contributed by atoms with van der Waals surface area (Å²) in [5.74, 6) is 0.575. The Hall–Kier alpha value is -0.850. The smallest absolute Gasteiger partial charge is 0.213 e. The van der Waals surface area contributed by atoms with Crippen molar-refractivity contribution in [1.82, 2.24) is 9.88 Å². The fraction of sp³-hybridized carbons (Fsp3) is 0.538. The summed E-state index contributed by atoms with van der Waals surface area (Å²) in [5.41, 5.74) is 0.802. The number of rotatable bonds is 5. The van der Waals surface area contributed by atoms with Gasteiger partial charge in [-0.05, 0) is 25.7 Å². The summed E-state index contributed by atoms with van der Waals surface area (Å²) in [7, 11) is 1.57. The number of hydrogen-bond donors (Lipinski definition) is 2. The van der Waals surface area contributed by atoms with Crippen molar-refractivity contribution in [2.75, 3.05) is 32.1 Å². The molecule has 0 radical (unpaired) electrons. The van der Waals surface area contributed by atoms with Gasteiger partial charge in [0.05, 0.1) is 19.0 Å². The van der Waals surface area contributed by atoms with Gasteiger partial charge in [0.15, 0.2) is 0 Å². The van der Waals surface area contributed by atoms with Crippen LogP contribution in [0, 0.1) is 0 Å². The third-order valence-corrected chi connectivity index (χ3v) is 2.75. The second-order valence-corrected chi connectivity index (χ2v) is 4.80. The molecule has 0 aromatic carbocycles. The average molecular weight is 301 g/mol. The lowest BCUT2D eigenvalue weighted by atomic mass is 10.4. The van der Waals surface area contributed by atoms with Crippen LogP contribution in [0.3, 0.4) is 0 Å². The van der Waals surface area contributed by atoms with E-state index in [-0.39, 0.29) is 0 Å². The van der Waals surface area contributed by atoms with E-state index >= 15 is 0 Å². The number of aromatic nitrogens is 1. The Morgan fingerprint density at radius 3 is 2.16 bits per heavy atom. The normalized spacial score (nSPS) is 9.58. The van der Waals surface area contributed by atoms with E-state index in [0.717, 1.165) is 5.69 Å². The van der Waals surface area contributed by atoms with Crippen LogP contribution < -0.4 is 10.1 Å². The third kappa shape index (κ3) is 8.80. The number of thiocarbonyl (C=S) groups is 1. The van der Waals surface area contributed by atoms with E-state index in [1.165, 1.54) is 19.6 Å². The SMILES string of the molecule is CCN(CC)CC.COc1ccc(NC(=S)S)cn1. The molecule has 0 saturated heterocycles. The number of ether oxygens (including phenoxy) is 1. The van der Waals surface area contributed by atoms with Gasteiger partial charge < -0.3 is 15.0 Å². The molecule has 1 N–H and O–H groups in total. The van der Waals surface area contributed by atoms with Crippen molar-refractivity contribution in [2.45, 2.75) is 20.8 Å². The maximum Gasteiger partial charge on any atom is 0.213 e. The molecule has 1 aromatic heterocycles. The lowest BCUT2D eigenvalue weighted by Crippen LogP contribution is -2.21. The fourth-order valence-corrected chi connectivity index (χ4v) is 1.62. The molecule has 0 bridgehead atoms. The molecule has 0 spiro atoms. The quantitative estimate of drug-likeness (QED) is 0.646. The van der Waals surface area contributed by atoms with Crippen LogP contribution in [0.25, 0.3) is 0 Å². The highest BCUT2D eigenvalue weighted by atomic mass is 32.1. The maximum absolute atomic E-state index is 4.88. The number of thiol groups is 1. The molecule has 1 rings (SSSR count). The van der Waals surface area contributed by atoms with E-state index in [4.69, 9.17) is 17.0 Å². The van der Waals surface area contributed by atoms with Gasteiger partial charge in [0.25, 0.3) is 0 Å². The zero-order valence-electron chi connectivity index (χ0n) is 12.0. The van der Waals surface area contributed by atoms with Crippen molar-refractivity contribution in [3.05, 3.63) is 18.3 Å². The van der Waals surface area contributed by atoms with Gasteiger partial charge in [-0.15, -0.1) is 12.6 Å². The molecule has 108 valence electrons. The average Bonchev–Trinajstić information content (AvgIpc) is 2.42. The largest absolute Gasteiger partial charge is 0.481 e. The predicted octanol–water partition coefficient (Wildman–Crippen LogP) is 3.06. The Morgan fingerprint density at radius 1 is 1.32 bits per heavy atom. The van der Waals surface area contributed by atoms with Crippen LogP contribution >= 0.6 is 24.8 Å². The number of pyridine rings is 1. The Kier molecular flexibility index (Phi) is 10.5. The van der Waals surface area contributed by atoms with Crippen LogP contribution in [-0.4, -0.2) is 40.9 Å². The van der Waals surface area contributed by atoms with E-state index in [1.54, 1.807) is 19.4 Å². The van der Waals surface area contributed by atoms with Crippen molar-refractivity contribution in [3.8, 4) is 5.88 Å². The Bertz CT molecular complexity index is 348. The van der Waals surface area contributed by atoms with Gasteiger partial charge in [0, 0.05) is 6.07 Å². The summed E-state index contributed by atoms with van der Waals surface area (Å²) in [4.78, 5) is 6.35. The molecule has 0 fully saturated rings. The highest BCUT2D eigenvalue weighted by Gasteiger charge is 1.94. The Morgan fingerprint density at radius 2 is 1.89 bits per heavy atom. The first-order valence-corrected chi connectivity index (χ1v) is 7.15. The number of hydrogen-bond acceptors (Lipinski definition) is 4. The fourth-order valence-electron chi connectivity index (χ4n) is 1.37. The molecule has 0 atom stereocenters. The summed E-state index contributed by atoms with van der Waals surface area (Å²) in [6.07, 6.45) is 1.63. The van der Waals surface area contributed by atoms with Gasteiger partial charge in [-0.1, -0.05) is 33.0 Å². The maximum atomic E-state index is 4.88. The number of nitrogens with zero attached hydrogens (tertiary/aromatic N) is 2. The van der Waals surface area contributed by atoms with Crippen molar-refractivity contribution in [2.24, 2.45) is 0 Å². The van der Waals surface area contributed by atoms with Crippen LogP contribution in [0.5, 0.6) is 5.88 Å². The second-order valence-electron chi connectivity index (χ2n) is 3.64. The second kappa shape index (κ2) is 11.0. The molecule has 0 amide bonds. The van der Waals surface area contributed by atoms with Gasteiger partial charge in [-0.3, -0.25) is 0 Å².